The summed E-state index contributed by atoms with van der Waals surface area (Å²) in [5.41, 5.74) is 0. The number of aliphatic hydroxyl groups excluding tert-OH is 1. The molecule has 1 N–H and O–H groups in total. The zero-order chi connectivity index (χ0) is 28.5. The number of carbonyl (C=O) groups is 1. The van der Waals surface area contributed by atoms with Gasteiger partial charge in [-0.3, -0.25) is 4.79 Å². The van der Waals surface area contributed by atoms with Crippen LogP contribution in [-0.4, -0.2) is 37.0 Å². The van der Waals surface area contributed by atoms with Crippen molar-refractivity contribution in [3.05, 3.63) is 24.3 Å². The Kier molecular flexibility index (Phi) is 32.1. The fourth-order valence-electron chi connectivity index (χ4n) is 4.72. The van der Waals surface area contributed by atoms with Gasteiger partial charge in [-0.25, -0.2) is 0 Å². The maximum absolute atomic E-state index is 12.1. The number of esters is 1. The smallest absolute Gasteiger partial charge is 0.306 e. The van der Waals surface area contributed by atoms with Crippen LogP contribution in [0.25, 0.3) is 0 Å². The van der Waals surface area contributed by atoms with Crippen LogP contribution in [0.1, 0.15) is 168 Å². The molecule has 0 aromatic heterocycles. The summed E-state index contributed by atoms with van der Waals surface area (Å²) in [5, 5.41) is 9.52. The highest BCUT2D eigenvalue weighted by atomic mass is 16.6. The van der Waals surface area contributed by atoms with E-state index in [0.29, 0.717) is 19.6 Å². The monoisotopic (exact) mass is 550 g/mol. The molecule has 230 valence electrons. The molecule has 0 rings (SSSR count). The van der Waals surface area contributed by atoms with Gasteiger partial charge >= 0.3 is 5.97 Å². The van der Waals surface area contributed by atoms with E-state index >= 15 is 0 Å². The predicted octanol–water partition coefficient (Wildman–Crippen LogP) is 10.4. The molecule has 0 bridgehead atoms. The Morgan fingerprint density at radius 3 is 1.69 bits per heavy atom. The zero-order valence-corrected chi connectivity index (χ0v) is 26.2. The number of hydrogen-bond acceptors (Lipinski definition) is 4. The quantitative estimate of drug-likeness (QED) is 0.0530. The lowest BCUT2D eigenvalue weighted by molar-refractivity contribution is -0.154. The van der Waals surface area contributed by atoms with Crippen LogP contribution in [-0.2, 0) is 14.3 Å². The molecule has 4 nitrogen and oxygen atoms in total. The molecule has 0 amide bonds. The second-order valence-electron chi connectivity index (χ2n) is 11.2. The lowest BCUT2D eigenvalue weighted by Crippen LogP contribution is -2.27. The highest BCUT2D eigenvalue weighted by molar-refractivity contribution is 5.69. The molecule has 1 atom stereocenters. The third-order valence-electron chi connectivity index (χ3n) is 7.26. The second-order valence-corrected chi connectivity index (χ2v) is 11.2. The van der Waals surface area contributed by atoms with Crippen molar-refractivity contribution in [1.29, 1.82) is 0 Å². The van der Waals surface area contributed by atoms with Crippen molar-refractivity contribution in [3.8, 4) is 0 Å². The van der Waals surface area contributed by atoms with E-state index in [1.54, 1.807) is 0 Å². The van der Waals surface area contributed by atoms with Gasteiger partial charge in [0.2, 0.25) is 0 Å². The molecule has 0 radical (unpaired) electrons. The molecule has 0 saturated heterocycles. The van der Waals surface area contributed by atoms with Crippen molar-refractivity contribution in [2.24, 2.45) is 0 Å². The number of ether oxygens (including phenoxy) is 2. The van der Waals surface area contributed by atoms with Gasteiger partial charge in [0.25, 0.3) is 0 Å². The first-order valence-electron chi connectivity index (χ1n) is 16.9. The lowest BCUT2D eigenvalue weighted by Gasteiger charge is -2.15. The van der Waals surface area contributed by atoms with E-state index in [9.17, 15) is 9.90 Å². The minimum atomic E-state index is -0.534. The Morgan fingerprint density at radius 1 is 0.615 bits per heavy atom. The normalized spacial score (nSPS) is 12.6. The van der Waals surface area contributed by atoms with E-state index in [2.05, 4.69) is 38.2 Å². The van der Waals surface area contributed by atoms with Crippen LogP contribution in [0.15, 0.2) is 24.3 Å². The average Bonchev–Trinajstić information content (AvgIpc) is 2.94. The molecule has 1 unspecified atom stereocenters. The van der Waals surface area contributed by atoms with E-state index in [-0.39, 0.29) is 12.6 Å². The summed E-state index contributed by atoms with van der Waals surface area (Å²) < 4.78 is 11.1. The first-order valence-corrected chi connectivity index (χ1v) is 16.9. The predicted molar refractivity (Wildman–Crippen MR) is 168 cm³/mol. The zero-order valence-electron chi connectivity index (χ0n) is 26.2. The SMILES string of the molecule is CCC/C=C\C/C=C\CCCCCCCC(=O)OC(CO)COCCCCCCCCCCCCCCCC. The van der Waals surface area contributed by atoms with E-state index < -0.39 is 6.10 Å². The Hall–Kier alpha value is -1.13. The fourth-order valence-corrected chi connectivity index (χ4v) is 4.72. The summed E-state index contributed by atoms with van der Waals surface area (Å²) in [5.74, 6) is -0.215. The fraction of sp³-hybridized carbons (Fsp3) is 0.857. The van der Waals surface area contributed by atoms with Crippen LogP contribution in [0.4, 0.5) is 0 Å². The molecular formula is C35H66O4. The molecule has 0 aromatic rings. The molecule has 0 aromatic carbocycles. The van der Waals surface area contributed by atoms with Gasteiger partial charge in [0.15, 0.2) is 0 Å². The molecular weight excluding hydrogens is 484 g/mol. The van der Waals surface area contributed by atoms with Crippen molar-refractivity contribution < 1.29 is 19.4 Å². The Balaban J connectivity index is 3.45. The van der Waals surface area contributed by atoms with Gasteiger partial charge in [0.1, 0.15) is 6.10 Å². The van der Waals surface area contributed by atoms with E-state index in [1.807, 2.05) is 0 Å². The minimum Gasteiger partial charge on any atom is -0.457 e. The summed E-state index contributed by atoms with van der Waals surface area (Å²) >= 11 is 0. The third kappa shape index (κ3) is 31.3. The van der Waals surface area contributed by atoms with Crippen molar-refractivity contribution in [3.63, 3.8) is 0 Å². The van der Waals surface area contributed by atoms with Gasteiger partial charge in [-0.2, -0.15) is 0 Å². The highest BCUT2D eigenvalue weighted by Gasteiger charge is 2.13. The van der Waals surface area contributed by atoms with Crippen molar-refractivity contribution in [2.75, 3.05) is 19.8 Å². The standard InChI is InChI=1S/C35H66O4/c1-3-5-7-9-11-13-15-17-19-21-23-25-27-29-31-38-33-34(32-36)39-35(37)30-28-26-24-22-20-18-16-14-12-10-8-6-4-2/h8,10,14,16,34,36H,3-7,9,11-13,15,17-33H2,1-2H3/b10-8-,16-14-. The Bertz CT molecular complexity index is 543. The van der Waals surface area contributed by atoms with Gasteiger partial charge in [0, 0.05) is 13.0 Å². The minimum absolute atomic E-state index is 0.174. The molecule has 4 heteroatoms. The molecule has 0 aliphatic carbocycles. The van der Waals surface area contributed by atoms with Gasteiger partial charge in [-0.05, 0) is 38.5 Å². The molecule has 0 aliphatic heterocycles. The molecule has 0 heterocycles. The summed E-state index contributed by atoms with van der Waals surface area (Å²) in [6.45, 7) is 5.27. The number of hydrogen-bond donors (Lipinski definition) is 1. The summed E-state index contributed by atoms with van der Waals surface area (Å²) in [4.78, 5) is 12.1. The summed E-state index contributed by atoms with van der Waals surface area (Å²) in [7, 11) is 0. The Labute approximate surface area is 243 Å². The number of rotatable bonds is 31. The largest absolute Gasteiger partial charge is 0.457 e. The average molecular weight is 551 g/mol. The molecule has 39 heavy (non-hydrogen) atoms. The summed E-state index contributed by atoms with van der Waals surface area (Å²) in [6.07, 6.45) is 37.8. The van der Waals surface area contributed by atoms with Gasteiger partial charge in [-0.15, -0.1) is 0 Å². The maximum atomic E-state index is 12.1. The van der Waals surface area contributed by atoms with Crippen LogP contribution >= 0.6 is 0 Å². The Morgan fingerprint density at radius 2 is 1.13 bits per heavy atom. The maximum Gasteiger partial charge on any atom is 0.306 e. The van der Waals surface area contributed by atoms with Crippen LogP contribution in [0.2, 0.25) is 0 Å². The van der Waals surface area contributed by atoms with Crippen molar-refractivity contribution in [2.45, 2.75) is 174 Å². The number of allylic oxidation sites excluding steroid dienone is 4. The highest BCUT2D eigenvalue weighted by Crippen LogP contribution is 2.13. The van der Waals surface area contributed by atoms with Gasteiger partial charge < -0.3 is 14.6 Å². The van der Waals surface area contributed by atoms with E-state index in [4.69, 9.17) is 9.47 Å². The van der Waals surface area contributed by atoms with Gasteiger partial charge in [0.05, 0.1) is 13.2 Å². The third-order valence-corrected chi connectivity index (χ3v) is 7.26. The van der Waals surface area contributed by atoms with Crippen LogP contribution in [0.3, 0.4) is 0 Å². The van der Waals surface area contributed by atoms with Crippen molar-refractivity contribution >= 4 is 5.97 Å². The van der Waals surface area contributed by atoms with Crippen LogP contribution in [0, 0.1) is 0 Å². The topological polar surface area (TPSA) is 55.8 Å². The number of aliphatic hydroxyl groups is 1. The van der Waals surface area contributed by atoms with Gasteiger partial charge in [-0.1, -0.05) is 147 Å². The summed E-state index contributed by atoms with van der Waals surface area (Å²) in [6, 6.07) is 0. The van der Waals surface area contributed by atoms with Crippen LogP contribution in [0.5, 0.6) is 0 Å². The first-order chi connectivity index (χ1) is 19.2. The first kappa shape index (κ1) is 37.9. The van der Waals surface area contributed by atoms with E-state index in [0.717, 1.165) is 38.5 Å². The molecule has 0 saturated carbocycles. The van der Waals surface area contributed by atoms with Crippen molar-refractivity contribution in [1.82, 2.24) is 0 Å². The van der Waals surface area contributed by atoms with E-state index in [1.165, 1.54) is 109 Å². The molecule has 0 aliphatic rings. The lowest BCUT2D eigenvalue weighted by atomic mass is 10.0. The second kappa shape index (κ2) is 33.1. The molecule has 0 spiro atoms. The molecule has 0 fully saturated rings. The number of unbranched alkanes of at least 4 members (excludes halogenated alkanes) is 19. The number of carbonyl (C=O) groups excluding carboxylic acids is 1. The van der Waals surface area contributed by atoms with Crippen LogP contribution < -0.4 is 0 Å².